The molecule has 2 N–H and O–H groups in total. The zero-order valence-electron chi connectivity index (χ0n) is 9.24. The second kappa shape index (κ2) is 5.38. The molecule has 0 aliphatic carbocycles. The number of alkyl halides is 1. The Bertz CT molecular complexity index is 497. The van der Waals surface area contributed by atoms with Gasteiger partial charge in [-0.1, -0.05) is 15.9 Å². The fourth-order valence-electron chi connectivity index (χ4n) is 1.57. The third-order valence-electron chi connectivity index (χ3n) is 2.51. The van der Waals surface area contributed by atoms with Gasteiger partial charge in [-0.05, 0) is 6.42 Å². The molecule has 1 atom stereocenters. The van der Waals surface area contributed by atoms with Crippen molar-refractivity contribution in [1.82, 2.24) is 15.5 Å². The van der Waals surface area contributed by atoms with Crippen molar-refractivity contribution in [3.8, 4) is 0 Å². The van der Waals surface area contributed by atoms with E-state index in [2.05, 4.69) is 36.8 Å². The van der Waals surface area contributed by atoms with Crippen LogP contribution < -0.4 is 10.6 Å². The molecule has 0 aromatic carbocycles. The molecule has 2 amide bonds. The van der Waals surface area contributed by atoms with Crippen LogP contribution in [0.3, 0.4) is 0 Å². The van der Waals surface area contributed by atoms with E-state index < -0.39 is 17.8 Å². The Kier molecular flexibility index (Phi) is 3.85. The molecule has 0 saturated carbocycles. The highest BCUT2D eigenvalue weighted by Crippen LogP contribution is 2.14. The third kappa shape index (κ3) is 2.81. The number of aromatic nitrogens is 2. The third-order valence-corrected chi connectivity index (χ3v) is 3.04. The molecule has 1 aliphatic rings. The average Bonchev–Trinajstić information content (AvgIpc) is 2.33. The van der Waals surface area contributed by atoms with E-state index in [1.807, 2.05) is 0 Å². The van der Waals surface area contributed by atoms with Crippen molar-refractivity contribution in [2.45, 2.75) is 24.2 Å². The van der Waals surface area contributed by atoms with E-state index in [1.165, 1.54) is 6.07 Å². The van der Waals surface area contributed by atoms with Crippen LogP contribution in [0.5, 0.6) is 0 Å². The summed E-state index contributed by atoms with van der Waals surface area (Å²) in [6.07, 6.45) is 0.604. The lowest BCUT2D eigenvalue weighted by atomic mass is 10.1. The minimum absolute atomic E-state index is 0.173. The molecule has 0 bridgehead atoms. The fraction of sp³-hybridized carbons (Fsp3) is 0.400. The Balaban J connectivity index is 2.07. The Morgan fingerprint density at radius 1 is 1.50 bits per heavy atom. The molecular weight excluding hydrogens is 307 g/mol. The number of halogens is 2. The molecule has 0 spiro atoms. The number of carbonyl (C=O) groups is 2. The van der Waals surface area contributed by atoms with E-state index in [0.717, 1.165) is 0 Å². The molecule has 1 aliphatic heterocycles. The van der Waals surface area contributed by atoms with Crippen LogP contribution in [0.1, 0.15) is 18.5 Å². The summed E-state index contributed by atoms with van der Waals surface area (Å²) < 4.78 is 13.4. The van der Waals surface area contributed by atoms with Crippen LogP contribution in [0.2, 0.25) is 0 Å². The number of nitrogens with zero attached hydrogens (tertiary/aromatic N) is 2. The first-order valence-electron chi connectivity index (χ1n) is 5.28. The van der Waals surface area contributed by atoms with E-state index >= 15 is 0 Å². The number of hydrogen-bond acceptors (Lipinski definition) is 5. The topological polar surface area (TPSA) is 84.0 Å². The highest BCUT2D eigenvalue weighted by molar-refractivity contribution is 9.08. The van der Waals surface area contributed by atoms with Crippen LogP contribution in [0.15, 0.2) is 6.07 Å². The highest BCUT2D eigenvalue weighted by Gasteiger charge is 2.26. The van der Waals surface area contributed by atoms with Gasteiger partial charge < -0.3 is 5.32 Å². The monoisotopic (exact) mass is 316 g/mol. The van der Waals surface area contributed by atoms with Gasteiger partial charge in [0, 0.05) is 12.5 Å². The van der Waals surface area contributed by atoms with Crippen molar-refractivity contribution in [1.29, 1.82) is 0 Å². The van der Waals surface area contributed by atoms with Gasteiger partial charge in [0.2, 0.25) is 11.8 Å². The number of piperidine rings is 1. The Labute approximate surface area is 110 Å². The second-order valence-electron chi connectivity index (χ2n) is 3.81. The smallest absolute Gasteiger partial charge is 0.249 e. The number of carbonyl (C=O) groups excluding carboxylic acids is 2. The van der Waals surface area contributed by atoms with Gasteiger partial charge in [-0.25, -0.2) is 4.39 Å². The van der Waals surface area contributed by atoms with Crippen molar-refractivity contribution in [3.63, 3.8) is 0 Å². The predicted octanol–water partition coefficient (Wildman–Crippen LogP) is 0.728. The van der Waals surface area contributed by atoms with Gasteiger partial charge in [-0.3, -0.25) is 14.9 Å². The summed E-state index contributed by atoms with van der Waals surface area (Å²) in [6, 6.07) is 0.582. The summed E-state index contributed by atoms with van der Waals surface area (Å²) in [7, 11) is 0. The lowest BCUT2D eigenvalue weighted by Gasteiger charge is -2.21. The summed E-state index contributed by atoms with van der Waals surface area (Å²) in [5, 5.41) is 12.6. The maximum Gasteiger partial charge on any atom is 0.249 e. The van der Waals surface area contributed by atoms with E-state index in [9.17, 15) is 14.0 Å². The first-order valence-corrected chi connectivity index (χ1v) is 6.40. The Morgan fingerprint density at radius 2 is 2.28 bits per heavy atom. The largest absolute Gasteiger partial charge is 0.357 e. The molecule has 8 heteroatoms. The maximum atomic E-state index is 13.4. The zero-order chi connectivity index (χ0) is 13.1. The number of rotatable bonds is 3. The number of nitrogens with one attached hydrogen (secondary N) is 2. The molecule has 1 aromatic rings. The van der Waals surface area contributed by atoms with Gasteiger partial charge in [-0.15, -0.1) is 10.2 Å². The van der Waals surface area contributed by atoms with Gasteiger partial charge in [-0.2, -0.15) is 0 Å². The van der Waals surface area contributed by atoms with Crippen LogP contribution in [0, 0.1) is 5.82 Å². The maximum absolute atomic E-state index is 13.4. The molecule has 96 valence electrons. The van der Waals surface area contributed by atoms with Crippen LogP contribution in [-0.2, 0) is 14.9 Å². The van der Waals surface area contributed by atoms with Crippen molar-refractivity contribution in [2.24, 2.45) is 0 Å². The highest BCUT2D eigenvalue weighted by atomic mass is 79.9. The minimum atomic E-state index is -0.591. The molecule has 2 rings (SSSR count). The van der Waals surface area contributed by atoms with Crippen molar-refractivity contribution in [3.05, 3.63) is 17.6 Å². The average molecular weight is 317 g/mol. The SMILES string of the molecule is O=C1CCC(Nc2cc(F)c(CBr)nn2)C(=O)N1. The van der Waals surface area contributed by atoms with Gasteiger partial charge in [0.1, 0.15) is 11.7 Å². The van der Waals surface area contributed by atoms with Crippen molar-refractivity contribution >= 4 is 33.6 Å². The molecule has 18 heavy (non-hydrogen) atoms. The first-order chi connectivity index (χ1) is 8.60. The van der Waals surface area contributed by atoms with E-state index in [1.54, 1.807) is 0 Å². The molecule has 1 unspecified atom stereocenters. The second-order valence-corrected chi connectivity index (χ2v) is 4.37. The standard InChI is InChI=1S/C10H10BrFN4O2/c11-4-7-5(12)3-8(16-15-7)13-6-1-2-9(17)14-10(6)18/h3,6H,1-2,4H2,(H,13,16)(H,14,17,18). The number of hydrogen-bond donors (Lipinski definition) is 2. The number of imide groups is 1. The summed E-state index contributed by atoms with van der Waals surface area (Å²) >= 11 is 3.08. The Hall–Kier alpha value is -1.57. The molecule has 1 saturated heterocycles. The van der Waals surface area contributed by atoms with E-state index in [4.69, 9.17) is 0 Å². The normalized spacial score (nSPS) is 19.6. The molecular formula is C10H10BrFN4O2. The van der Waals surface area contributed by atoms with Crippen molar-refractivity contribution in [2.75, 3.05) is 5.32 Å². The van der Waals surface area contributed by atoms with Crippen LogP contribution in [0.4, 0.5) is 10.2 Å². The van der Waals surface area contributed by atoms with Crippen LogP contribution in [0.25, 0.3) is 0 Å². The van der Waals surface area contributed by atoms with Crippen LogP contribution in [-0.4, -0.2) is 28.1 Å². The van der Waals surface area contributed by atoms with Gasteiger partial charge in [0.15, 0.2) is 11.6 Å². The number of anilines is 1. The zero-order valence-corrected chi connectivity index (χ0v) is 10.8. The summed E-state index contributed by atoms with van der Waals surface area (Å²) in [4.78, 5) is 22.4. The molecule has 2 heterocycles. The Morgan fingerprint density at radius 3 is 2.89 bits per heavy atom. The van der Waals surface area contributed by atoms with Gasteiger partial charge >= 0.3 is 0 Å². The first kappa shape index (κ1) is 12.9. The molecule has 0 radical (unpaired) electrons. The predicted molar refractivity (Wildman–Crippen MR) is 64.4 cm³/mol. The fourth-order valence-corrected chi connectivity index (χ4v) is 1.95. The van der Waals surface area contributed by atoms with Gasteiger partial charge in [0.05, 0.1) is 5.33 Å². The summed E-state index contributed by atoms with van der Waals surface area (Å²) in [6.45, 7) is 0. The summed E-state index contributed by atoms with van der Waals surface area (Å²) in [5.41, 5.74) is 0.198. The lowest BCUT2D eigenvalue weighted by molar-refractivity contribution is -0.133. The lowest BCUT2D eigenvalue weighted by Crippen LogP contribution is -2.47. The van der Waals surface area contributed by atoms with E-state index in [0.29, 0.717) is 6.42 Å². The quantitative estimate of drug-likeness (QED) is 0.634. The van der Waals surface area contributed by atoms with E-state index in [-0.39, 0.29) is 29.2 Å². The molecule has 1 aromatic heterocycles. The van der Waals surface area contributed by atoms with Gasteiger partial charge in [0.25, 0.3) is 0 Å². The number of amides is 2. The summed E-state index contributed by atoms with van der Waals surface area (Å²) in [5.74, 6) is -1.06. The molecule has 6 nitrogen and oxygen atoms in total. The minimum Gasteiger partial charge on any atom is -0.357 e. The molecule has 1 fully saturated rings. The van der Waals surface area contributed by atoms with Crippen LogP contribution >= 0.6 is 15.9 Å². The van der Waals surface area contributed by atoms with Crippen molar-refractivity contribution < 1.29 is 14.0 Å².